The first-order valence-corrected chi connectivity index (χ1v) is 12.9. The van der Waals surface area contributed by atoms with E-state index >= 15 is 0 Å². The van der Waals surface area contributed by atoms with Crippen molar-refractivity contribution in [3.63, 3.8) is 0 Å². The minimum Gasteiger partial charge on any atom is -0.442 e. The van der Waals surface area contributed by atoms with Crippen molar-refractivity contribution in [1.29, 1.82) is 0 Å². The van der Waals surface area contributed by atoms with Crippen molar-refractivity contribution in [2.75, 3.05) is 49.1 Å². The number of anilines is 2. The zero-order chi connectivity index (χ0) is 24.5. The second-order valence-corrected chi connectivity index (χ2v) is 10.9. The van der Waals surface area contributed by atoms with Gasteiger partial charge in [-0.05, 0) is 42.5 Å². The van der Waals surface area contributed by atoms with E-state index in [1.54, 1.807) is 41.3 Å². The fourth-order valence-corrected chi connectivity index (χ4v) is 5.63. The Bertz CT molecular complexity index is 1190. The summed E-state index contributed by atoms with van der Waals surface area (Å²) >= 11 is 3.30. The van der Waals surface area contributed by atoms with Gasteiger partial charge in [0.05, 0.1) is 29.4 Å². The van der Waals surface area contributed by atoms with E-state index in [0.717, 1.165) is 4.47 Å². The average Bonchev–Trinajstić information content (AvgIpc) is 3.18. The lowest BCUT2D eigenvalue weighted by Crippen LogP contribution is -2.48. The van der Waals surface area contributed by atoms with Crippen molar-refractivity contribution in [2.24, 2.45) is 0 Å². The first-order valence-electron chi connectivity index (χ1n) is 10.7. The third kappa shape index (κ3) is 5.18. The second-order valence-electron chi connectivity index (χ2n) is 8.03. The number of sulfonamides is 1. The maximum atomic E-state index is 15.0. The minimum atomic E-state index is -3.63. The van der Waals surface area contributed by atoms with Crippen molar-refractivity contribution in [3.05, 3.63) is 52.8 Å². The van der Waals surface area contributed by atoms with Crippen LogP contribution in [0.25, 0.3) is 0 Å². The zero-order valence-corrected chi connectivity index (χ0v) is 20.8. The highest BCUT2D eigenvalue weighted by atomic mass is 79.9. The molecule has 182 valence electrons. The molecule has 2 fully saturated rings. The van der Waals surface area contributed by atoms with Gasteiger partial charge in [0.1, 0.15) is 11.9 Å². The molecule has 2 heterocycles. The number of nitrogens with one attached hydrogen (secondary N) is 1. The minimum absolute atomic E-state index is 0.186. The van der Waals surface area contributed by atoms with Gasteiger partial charge >= 0.3 is 6.09 Å². The van der Waals surface area contributed by atoms with E-state index in [4.69, 9.17) is 4.74 Å². The summed E-state index contributed by atoms with van der Waals surface area (Å²) in [5, 5.41) is 2.60. The first kappa shape index (κ1) is 24.4. The number of amides is 2. The molecule has 1 atom stereocenters. The quantitative estimate of drug-likeness (QED) is 0.589. The van der Waals surface area contributed by atoms with Crippen LogP contribution in [0, 0.1) is 5.82 Å². The number of cyclic esters (lactones) is 1. The molecule has 2 aromatic rings. The van der Waals surface area contributed by atoms with Gasteiger partial charge in [-0.1, -0.05) is 15.9 Å². The summed E-state index contributed by atoms with van der Waals surface area (Å²) in [6, 6.07) is 10.9. The molecule has 2 aliphatic rings. The molecule has 2 aromatic carbocycles. The lowest BCUT2D eigenvalue weighted by molar-refractivity contribution is -0.119. The molecule has 0 spiro atoms. The molecule has 4 rings (SSSR count). The summed E-state index contributed by atoms with van der Waals surface area (Å²) in [4.78, 5) is 26.6. The van der Waals surface area contributed by atoms with Crippen LogP contribution in [0.4, 0.5) is 20.6 Å². The molecule has 34 heavy (non-hydrogen) atoms. The molecule has 9 nitrogen and oxygen atoms in total. The van der Waals surface area contributed by atoms with Crippen LogP contribution in [0.15, 0.2) is 51.8 Å². The Kier molecular flexibility index (Phi) is 7.10. The Morgan fingerprint density at radius 1 is 1.15 bits per heavy atom. The van der Waals surface area contributed by atoms with Gasteiger partial charge in [-0.25, -0.2) is 17.6 Å². The van der Waals surface area contributed by atoms with E-state index in [0.29, 0.717) is 24.5 Å². The molecule has 0 bridgehead atoms. The van der Waals surface area contributed by atoms with E-state index in [9.17, 15) is 22.4 Å². The number of halogens is 2. The molecule has 0 unspecified atom stereocenters. The zero-order valence-electron chi connectivity index (χ0n) is 18.4. The molecule has 1 N–H and O–H groups in total. The Labute approximate surface area is 205 Å². The molecule has 0 aromatic heterocycles. The number of carbonyl (C=O) groups excluding carboxylic acids is 2. The van der Waals surface area contributed by atoms with Crippen molar-refractivity contribution in [3.8, 4) is 0 Å². The van der Waals surface area contributed by atoms with Crippen LogP contribution >= 0.6 is 15.9 Å². The predicted octanol–water partition coefficient (Wildman–Crippen LogP) is 2.56. The van der Waals surface area contributed by atoms with Crippen LogP contribution < -0.4 is 15.1 Å². The van der Waals surface area contributed by atoms with Crippen molar-refractivity contribution in [1.82, 2.24) is 9.62 Å². The molecule has 2 aliphatic heterocycles. The SMILES string of the molecule is CC(=O)NC[C@H]1CN(c2ccc(N3CCN(S(=O)(=O)c4ccc(Br)cc4)CC3)c(F)c2)C(=O)O1. The maximum Gasteiger partial charge on any atom is 0.414 e. The Morgan fingerprint density at radius 2 is 1.82 bits per heavy atom. The Hall–Kier alpha value is -2.70. The molecule has 12 heteroatoms. The van der Waals surface area contributed by atoms with E-state index in [2.05, 4.69) is 21.2 Å². The van der Waals surface area contributed by atoms with E-state index in [1.165, 1.54) is 22.2 Å². The van der Waals surface area contributed by atoms with Crippen LogP contribution in [0.2, 0.25) is 0 Å². The van der Waals surface area contributed by atoms with Crippen LogP contribution in [-0.4, -0.2) is 70.1 Å². The summed E-state index contributed by atoms with van der Waals surface area (Å²) in [5.74, 6) is -0.741. The molecule has 2 saturated heterocycles. The van der Waals surface area contributed by atoms with Gasteiger partial charge in [-0.15, -0.1) is 0 Å². The van der Waals surface area contributed by atoms with Gasteiger partial charge in [0, 0.05) is 37.6 Å². The monoisotopic (exact) mass is 554 g/mol. The number of hydrogen-bond donors (Lipinski definition) is 1. The lowest BCUT2D eigenvalue weighted by Gasteiger charge is -2.35. The first-order chi connectivity index (χ1) is 16.1. The van der Waals surface area contributed by atoms with Crippen molar-refractivity contribution >= 4 is 49.3 Å². The summed E-state index contributed by atoms with van der Waals surface area (Å²) in [7, 11) is -3.63. The van der Waals surface area contributed by atoms with Crippen molar-refractivity contribution < 1.29 is 27.1 Å². The fraction of sp³-hybridized carbons (Fsp3) is 0.364. The van der Waals surface area contributed by atoms with E-state index in [-0.39, 0.29) is 37.0 Å². The summed E-state index contributed by atoms with van der Waals surface area (Å²) in [6.07, 6.45) is -1.12. The maximum absolute atomic E-state index is 15.0. The Balaban J connectivity index is 1.40. The van der Waals surface area contributed by atoms with Gasteiger partial charge in [-0.3, -0.25) is 9.69 Å². The summed E-state index contributed by atoms with van der Waals surface area (Å²) in [6.45, 7) is 2.87. The number of nitrogens with zero attached hydrogens (tertiary/aromatic N) is 3. The highest BCUT2D eigenvalue weighted by molar-refractivity contribution is 9.10. The third-order valence-electron chi connectivity index (χ3n) is 5.73. The average molecular weight is 555 g/mol. The van der Waals surface area contributed by atoms with Crippen molar-refractivity contribution in [2.45, 2.75) is 17.9 Å². The van der Waals surface area contributed by atoms with Crippen LogP contribution in [0.1, 0.15) is 6.92 Å². The molecule has 0 saturated carbocycles. The molecular weight excluding hydrogens is 531 g/mol. The van der Waals surface area contributed by atoms with Crippen LogP contribution in [0.3, 0.4) is 0 Å². The van der Waals surface area contributed by atoms with Crippen LogP contribution in [0.5, 0.6) is 0 Å². The number of piperazine rings is 1. The molecule has 0 radical (unpaired) electrons. The fourth-order valence-electron chi connectivity index (χ4n) is 3.94. The van der Waals surface area contributed by atoms with Gasteiger partial charge in [0.15, 0.2) is 0 Å². The molecule has 0 aliphatic carbocycles. The molecular formula is C22H24BrFN4O5S. The smallest absolute Gasteiger partial charge is 0.414 e. The topological polar surface area (TPSA) is 99.3 Å². The van der Waals surface area contributed by atoms with Gasteiger partial charge < -0.3 is 15.0 Å². The Morgan fingerprint density at radius 3 is 2.44 bits per heavy atom. The predicted molar refractivity (Wildman–Crippen MR) is 128 cm³/mol. The summed E-state index contributed by atoms with van der Waals surface area (Å²) < 4.78 is 48.2. The molecule has 2 amide bonds. The van der Waals surface area contributed by atoms with E-state index < -0.39 is 28.0 Å². The van der Waals surface area contributed by atoms with Gasteiger partial charge in [0.25, 0.3) is 0 Å². The normalized spacial score (nSPS) is 19.3. The highest BCUT2D eigenvalue weighted by Gasteiger charge is 2.33. The third-order valence-corrected chi connectivity index (χ3v) is 8.17. The highest BCUT2D eigenvalue weighted by Crippen LogP contribution is 2.29. The number of carbonyl (C=O) groups is 2. The van der Waals surface area contributed by atoms with Gasteiger partial charge in [0.2, 0.25) is 15.9 Å². The number of benzene rings is 2. The lowest BCUT2D eigenvalue weighted by atomic mass is 10.2. The second kappa shape index (κ2) is 9.88. The number of rotatable bonds is 6. The van der Waals surface area contributed by atoms with E-state index in [1.807, 2.05) is 0 Å². The summed E-state index contributed by atoms with van der Waals surface area (Å²) in [5.41, 5.74) is 0.694. The van der Waals surface area contributed by atoms with Crippen LogP contribution in [-0.2, 0) is 19.6 Å². The largest absolute Gasteiger partial charge is 0.442 e. The number of hydrogen-bond acceptors (Lipinski definition) is 6. The standard InChI is InChI=1S/C22H24BrFN4O5S/c1-15(29)25-13-18-14-28(22(30)33-18)17-4-7-21(20(24)12-17)26-8-10-27(11-9-26)34(31,32)19-5-2-16(23)3-6-19/h2-7,12,18H,8-11,13-14H2,1H3,(H,25,29)/t18-/m0/s1. The number of ether oxygens (including phenoxy) is 1. The van der Waals surface area contributed by atoms with Gasteiger partial charge in [-0.2, -0.15) is 4.31 Å².